The molecular formula is C12H11NO2. The Balaban J connectivity index is 2.76. The predicted molar refractivity (Wildman–Crippen MR) is 58.2 cm³/mol. The van der Waals surface area contributed by atoms with E-state index in [1.165, 1.54) is 6.20 Å². The second-order valence-electron chi connectivity index (χ2n) is 3.68. The molecule has 15 heavy (non-hydrogen) atoms. The lowest BCUT2D eigenvalue weighted by Gasteiger charge is -2.04. The van der Waals surface area contributed by atoms with Crippen molar-refractivity contribution in [2.24, 2.45) is 0 Å². The zero-order chi connectivity index (χ0) is 11.0. The van der Waals surface area contributed by atoms with Crippen LogP contribution in [0, 0.1) is 13.8 Å². The number of rotatable bonds is 1. The lowest BCUT2D eigenvalue weighted by atomic mass is 10.0. The van der Waals surface area contributed by atoms with E-state index in [-0.39, 0.29) is 5.56 Å². The van der Waals surface area contributed by atoms with Crippen LogP contribution in [0.5, 0.6) is 0 Å². The normalized spacial score (nSPS) is 10.5. The van der Waals surface area contributed by atoms with Crippen LogP contribution in [-0.2, 0) is 0 Å². The van der Waals surface area contributed by atoms with Crippen molar-refractivity contribution in [1.82, 2.24) is 4.98 Å². The summed E-state index contributed by atoms with van der Waals surface area (Å²) < 4.78 is 0. The summed E-state index contributed by atoms with van der Waals surface area (Å²) in [6.45, 7) is 3.96. The summed E-state index contributed by atoms with van der Waals surface area (Å²) >= 11 is 0. The number of carboxylic acids is 1. The van der Waals surface area contributed by atoms with Gasteiger partial charge in [-0.05, 0) is 37.1 Å². The summed E-state index contributed by atoms with van der Waals surface area (Å²) in [5, 5.41) is 9.75. The van der Waals surface area contributed by atoms with Gasteiger partial charge in [0.2, 0.25) is 0 Å². The first-order chi connectivity index (χ1) is 7.08. The minimum absolute atomic E-state index is 0.231. The van der Waals surface area contributed by atoms with E-state index in [0.717, 1.165) is 22.0 Å². The molecule has 3 nitrogen and oxygen atoms in total. The fourth-order valence-corrected chi connectivity index (χ4v) is 1.70. The number of hydrogen-bond acceptors (Lipinski definition) is 2. The Kier molecular flexibility index (Phi) is 2.15. The molecule has 1 aromatic carbocycles. The van der Waals surface area contributed by atoms with Crippen molar-refractivity contribution in [1.29, 1.82) is 0 Å². The van der Waals surface area contributed by atoms with Gasteiger partial charge in [0.15, 0.2) is 0 Å². The van der Waals surface area contributed by atoms with Crippen molar-refractivity contribution in [2.75, 3.05) is 0 Å². The maximum absolute atomic E-state index is 10.8. The van der Waals surface area contributed by atoms with Crippen LogP contribution in [0.3, 0.4) is 0 Å². The molecule has 0 saturated carbocycles. The molecule has 0 aliphatic rings. The molecule has 2 rings (SSSR count). The second-order valence-corrected chi connectivity index (χ2v) is 3.68. The van der Waals surface area contributed by atoms with Crippen LogP contribution in [-0.4, -0.2) is 16.1 Å². The highest BCUT2D eigenvalue weighted by Gasteiger charge is 2.06. The van der Waals surface area contributed by atoms with E-state index >= 15 is 0 Å². The lowest BCUT2D eigenvalue weighted by Crippen LogP contribution is -1.97. The molecule has 2 aromatic rings. The lowest BCUT2D eigenvalue weighted by molar-refractivity contribution is 0.0696. The molecule has 0 unspecified atom stereocenters. The molecule has 76 valence electrons. The summed E-state index contributed by atoms with van der Waals surface area (Å²) in [7, 11) is 0. The van der Waals surface area contributed by atoms with Crippen molar-refractivity contribution in [2.45, 2.75) is 13.8 Å². The van der Waals surface area contributed by atoms with Gasteiger partial charge in [0.25, 0.3) is 0 Å². The molecule has 0 radical (unpaired) electrons. The molecule has 0 atom stereocenters. The Bertz CT molecular complexity index is 547. The Morgan fingerprint density at radius 3 is 2.67 bits per heavy atom. The van der Waals surface area contributed by atoms with Crippen molar-refractivity contribution >= 4 is 16.9 Å². The molecule has 1 N–H and O–H groups in total. The zero-order valence-corrected chi connectivity index (χ0v) is 8.61. The molecular weight excluding hydrogens is 190 g/mol. The standard InChI is InChI=1S/C12H11NO2/c1-7-3-8(2)10-5-9(12(14)15)6-13-11(10)4-7/h3-6H,1-2H3,(H,14,15). The topological polar surface area (TPSA) is 50.2 Å². The first-order valence-electron chi connectivity index (χ1n) is 4.68. The van der Waals surface area contributed by atoms with Crippen LogP contribution in [0.4, 0.5) is 0 Å². The molecule has 3 heteroatoms. The Morgan fingerprint density at radius 1 is 1.27 bits per heavy atom. The van der Waals surface area contributed by atoms with E-state index in [2.05, 4.69) is 4.98 Å². The quantitative estimate of drug-likeness (QED) is 0.771. The van der Waals surface area contributed by atoms with Crippen molar-refractivity contribution in [3.05, 3.63) is 41.1 Å². The third kappa shape index (κ3) is 1.68. The van der Waals surface area contributed by atoms with E-state index in [4.69, 9.17) is 5.11 Å². The maximum atomic E-state index is 10.8. The number of pyridine rings is 1. The Hall–Kier alpha value is -1.90. The predicted octanol–water partition coefficient (Wildman–Crippen LogP) is 2.55. The second kappa shape index (κ2) is 3.35. The molecule has 0 saturated heterocycles. The first-order valence-corrected chi connectivity index (χ1v) is 4.68. The fourth-order valence-electron chi connectivity index (χ4n) is 1.70. The number of benzene rings is 1. The molecule has 0 bridgehead atoms. The first kappa shape index (κ1) is 9.65. The van der Waals surface area contributed by atoms with Gasteiger partial charge in [-0.2, -0.15) is 0 Å². The third-order valence-electron chi connectivity index (χ3n) is 2.40. The molecule has 0 spiro atoms. The van der Waals surface area contributed by atoms with Crippen molar-refractivity contribution < 1.29 is 9.90 Å². The van der Waals surface area contributed by atoms with Gasteiger partial charge in [-0.15, -0.1) is 0 Å². The number of aromatic carboxylic acids is 1. The van der Waals surface area contributed by atoms with Gasteiger partial charge in [0.1, 0.15) is 0 Å². The highest BCUT2D eigenvalue weighted by Crippen LogP contribution is 2.19. The maximum Gasteiger partial charge on any atom is 0.337 e. The van der Waals surface area contributed by atoms with E-state index < -0.39 is 5.97 Å². The average Bonchev–Trinajstić information content (AvgIpc) is 2.16. The number of carboxylic acid groups (broad SMARTS) is 1. The monoisotopic (exact) mass is 201 g/mol. The van der Waals surface area contributed by atoms with E-state index in [9.17, 15) is 4.79 Å². The minimum Gasteiger partial charge on any atom is -0.478 e. The summed E-state index contributed by atoms with van der Waals surface area (Å²) in [4.78, 5) is 14.9. The van der Waals surface area contributed by atoms with Crippen LogP contribution in [0.25, 0.3) is 10.9 Å². The van der Waals surface area contributed by atoms with E-state index in [1.807, 2.05) is 26.0 Å². The number of hydrogen-bond donors (Lipinski definition) is 1. The van der Waals surface area contributed by atoms with Gasteiger partial charge >= 0.3 is 5.97 Å². The zero-order valence-electron chi connectivity index (χ0n) is 8.61. The highest BCUT2D eigenvalue weighted by atomic mass is 16.4. The van der Waals surface area contributed by atoms with Crippen LogP contribution in [0.1, 0.15) is 21.5 Å². The van der Waals surface area contributed by atoms with Crippen LogP contribution in [0.15, 0.2) is 24.4 Å². The smallest absolute Gasteiger partial charge is 0.337 e. The van der Waals surface area contributed by atoms with Gasteiger partial charge < -0.3 is 5.11 Å². The average molecular weight is 201 g/mol. The molecule has 0 aliphatic heterocycles. The molecule has 0 fully saturated rings. The largest absolute Gasteiger partial charge is 0.478 e. The number of carbonyl (C=O) groups is 1. The van der Waals surface area contributed by atoms with Crippen LogP contribution >= 0.6 is 0 Å². The molecule has 0 amide bonds. The van der Waals surface area contributed by atoms with Gasteiger partial charge in [0.05, 0.1) is 11.1 Å². The van der Waals surface area contributed by atoms with Gasteiger partial charge in [-0.1, -0.05) is 6.07 Å². The van der Waals surface area contributed by atoms with Crippen LogP contribution < -0.4 is 0 Å². The summed E-state index contributed by atoms with van der Waals surface area (Å²) in [5.74, 6) is -0.940. The summed E-state index contributed by atoms with van der Waals surface area (Å²) in [6, 6.07) is 5.64. The molecule has 0 aliphatic carbocycles. The number of aryl methyl sites for hydroxylation is 2. The number of nitrogens with zero attached hydrogens (tertiary/aromatic N) is 1. The van der Waals surface area contributed by atoms with E-state index in [1.54, 1.807) is 6.07 Å². The van der Waals surface area contributed by atoms with Gasteiger partial charge in [-0.3, -0.25) is 4.98 Å². The van der Waals surface area contributed by atoms with Gasteiger partial charge in [-0.25, -0.2) is 4.79 Å². The van der Waals surface area contributed by atoms with Crippen molar-refractivity contribution in [3.8, 4) is 0 Å². The van der Waals surface area contributed by atoms with E-state index in [0.29, 0.717) is 0 Å². The third-order valence-corrected chi connectivity index (χ3v) is 2.40. The number of aromatic nitrogens is 1. The summed E-state index contributed by atoms with van der Waals surface area (Å²) in [6.07, 6.45) is 1.39. The fraction of sp³-hybridized carbons (Fsp3) is 0.167. The summed E-state index contributed by atoms with van der Waals surface area (Å²) in [5.41, 5.74) is 3.27. The van der Waals surface area contributed by atoms with Crippen molar-refractivity contribution in [3.63, 3.8) is 0 Å². The molecule has 1 heterocycles. The minimum atomic E-state index is -0.940. The Labute approximate surface area is 87.4 Å². The highest BCUT2D eigenvalue weighted by molar-refractivity contribution is 5.93. The number of fused-ring (bicyclic) bond motifs is 1. The van der Waals surface area contributed by atoms with Gasteiger partial charge in [0, 0.05) is 11.6 Å². The Morgan fingerprint density at radius 2 is 2.00 bits per heavy atom. The molecule has 1 aromatic heterocycles. The van der Waals surface area contributed by atoms with Crippen LogP contribution in [0.2, 0.25) is 0 Å². The SMILES string of the molecule is Cc1cc(C)c2cc(C(=O)O)cnc2c1.